The molecule has 2 rings (SSSR count). The van der Waals surface area contributed by atoms with E-state index >= 15 is 0 Å². The van der Waals surface area contributed by atoms with Crippen molar-refractivity contribution in [2.24, 2.45) is 5.73 Å². The minimum Gasteiger partial charge on any atom is -0.330 e. The molecule has 1 fully saturated rings. The molecule has 0 saturated carbocycles. The van der Waals surface area contributed by atoms with Gasteiger partial charge in [0.05, 0.1) is 0 Å². The summed E-state index contributed by atoms with van der Waals surface area (Å²) in [4.78, 5) is 5.18. The zero-order valence-electron chi connectivity index (χ0n) is 11.9. The Morgan fingerprint density at radius 3 is 2.42 bits per heavy atom. The van der Waals surface area contributed by atoms with Crippen LogP contribution < -0.4 is 5.73 Å². The summed E-state index contributed by atoms with van der Waals surface area (Å²) in [5.41, 5.74) is 6.99. The molecular formula is C16H27N3. The van der Waals surface area contributed by atoms with Crippen LogP contribution in [-0.2, 0) is 6.54 Å². The zero-order valence-corrected chi connectivity index (χ0v) is 11.9. The second-order valence-corrected chi connectivity index (χ2v) is 5.45. The lowest BCUT2D eigenvalue weighted by Gasteiger charge is -2.21. The van der Waals surface area contributed by atoms with Crippen LogP contribution in [0.3, 0.4) is 0 Å². The summed E-state index contributed by atoms with van der Waals surface area (Å²) in [6, 6.07) is 10.8. The highest BCUT2D eigenvalue weighted by molar-refractivity contribution is 5.14. The number of hydrogen-bond acceptors (Lipinski definition) is 3. The van der Waals surface area contributed by atoms with Gasteiger partial charge in [-0.2, -0.15) is 0 Å². The lowest BCUT2D eigenvalue weighted by atomic mass is 10.2. The molecule has 1 aliphatic rings. The highest BCUT2D eigenvalue weighted by atomic mass is 15.2. The van der Waals surface area contributed by atoms with Crippen LogP contribution >= 0.6 is 0 Å². The average Bonchev–Trinajstić information content (AvgIpc) is 2.66. The summed E-state index contributed by atoms with van der Waals surface area (Å²) in [7, 11) is 0. The Morgan fingerprint density at radius 1 is 0.895 bits per heavy atom. The Labute approximate surface area is 117 Å². The fourth-order valence-electron chi connectivity index (χ4n) is 2.73. The highest BCUT2D eigenvalue weighted by Crippen LogP contribution is 2.09. The van der Waals surface area contributed by atoms with Crippen LogP contribution in [0.1, 0.15) is 24.8 Å². The van der Waals surface area contributed by atoms with Crippen molar-refractivity contribution >= 4 is 0 Å². The predicted octanol–water partition coefficient (Wildman–Crippen LogP) is 1.93. The Morgan fingerprint density at radius 2 is 1.63 bits per heavy atom. The van der Waals surface area contributed by atoms with Crippen LogP contribution in [0.5, 0.6) is 0 Å². The van der Waals surface area contributed by atoms with Gasteiger partial charge in [-0.05, 0) is 51.0 Å². The van der Waals surface area contributed by atoms with Crippen molar-refractivity contribution in [2.75, 3.05) is 39.3 Å². The van der Waals surface area contributed by atoms with Gasteiger partial charge in [0.1, 0.15) is 0 Å². The predicted molar refractivity (Wildman–Crippen MR) is 81.1 cm³/mol. The number of nitrogens with two attached hydrogens (primary N) is 1. The third kappa shape index (κ3) is 5.31. The van der Waals surface area contributed by atoms with Crippen LogP contribution in [0.25, 0.3) is 0 Å². The normalized spacial score (nSPS) is 18.4. The van der Waals surface area contributed by atoms with Crippen LogP contribution in [0.2, 0.25) is 0 Å². The third-order valence-corrected chi connectivity index (χ3v) is 3.86. The first-order valence-electron chi connectivity index (χ1n) is 7.57. The van der Waals surface area contributed by atoms with Crippen molar-refractivity contribution in [3.63, 3.8) is 0 Å². The molecule has 1 aliphatic heterocycles. The Bertz CT molecular complexity index is 339. The van der Waals surface area contributed by atoms with E-state index in [0.717, 1.165) is 19.5 Å². The Balaban J connectivity index is 1.74. The lowest BCUT2D eigenvalue weighted by molar-refractivity contribution is 0.249. The molecule has 0 spiro atoms. The smallest absolute Gasteiger partial charge is 0.0234 e. The molecule has 106 valence electrons. The molecule has 0 atom stereocenters. The largest absolute Gasteiger partial charge is 0.330 e. The van der Waals surface area contributed by atoms with E-state index in [1.165, 1.54) is 51.1 Å². The average molecular weight is 261 g/mol. The fraction of sp³-hybridized carbons (Fsp3) is 0.625. The molecule has 2 N–H and O–H groups in total. The van der Waals surface area contributed by atoms with Crippen LogP contribution in [0, 0.1) is 0 Å². The molecule has 3 heteroatoms. The topological polar surface area (TPSA) is 32.5 Å². The second-order valence-electron chi connectivity index (χ2n) is 5.45. The van der Waals surface area contributed by atoms with Crippen molar-refractivity contribution < 1.29 is 0 Å². The summed E-state index contributed by atoms with van der Waals surface area (Å²) >= 11 is 0. The van der Waals surface area contributed by atoms with Crippen molar-refractivity contribution in [3.8, 4) is 0 Å². The molecule has 0 amide bonds. The monoisotopic (exact) mass is 261 g/mol. The lowest BCUT2D eigenvalue weighted by Crippen LogP contribution is -2.31. The SMILES string of the molecule is NCCCCN1CCCN(Cc2ccccc2)CC1. The van der Waals surface area contributed by atoms with Crippen molar-refractivity contribution in [2.45, 2.75) is 25.8 Å². The minimum atomic E-state index is 0.827. The van der Waals surface area contributed by atoms with E-state index in [1.807, 2.05) is 0 Å². The molecule has 0 aromatic heterocycles. The van der Waals surface area contributed by atoms with E-state index < -0.39 is 0 Å². The van der Waals surface area contributed by atoms with E-state index in [1.54, 1.807) is 0 Å². The van der Waals surface area contributed by atoms with Crippen LogP contribution in [0.15, 0.2) is 30.3 Å². The van der Waals surface area contributed by atoms with Crippen molar-refractivity contribution in [3.05, 3.63) is 35.9 Å². The van der Waals surface area contributed by atoms with Gasteiger partial charge in [0.15, 0.2) is 0 Å². The van der Waals surface area contributed by atoms with E-state index in [9.17, 15) is 0 Å². The van der Waals surface area contributed by atoms with E-state index in [0.29, 0.717) is 0 Å². The summed E-state index contributed by atoms with van der Waals surface area (Å²) in [5, 5.41) is 0. The van der Waals surface area contributed by atoms with Gasteiger partial charge in [0.25, 0.3) is 0 Å². The number of hydrogen-bond donors (Lipinski definition) is 1. The molecule has 0 bridgehead atoms. The Hall–Kier alpha value is -0.900. The maximum absolute atomic E-state index is 5.56. The first-order valence-corrected chi connectivity index (χ1v) is 7.57. The summed E-state index contributed by atoms with van der Waals surface area (Å²) < 4.78 is 0. The van der Waals surface area contributed by atoms with E-state index in [4.69, 9.17) is 5.73 Å². The fourth-order valence-corrected chi connectivity index (χ4v) is 2.73. The second kappa shape index (κ2) is 8.31. The standard InChI is InChI=1S/C16H27N3/c17-9-4-5-10-18-11-6-12-19(14-13-18)15-16-7-2-1-3-8-16/h1-3,7-8H,4-6,9-15,17H2. The van der Waals surface area contributed by atoms with Gasteiger partial charge in [-0.25, -0.2) is 0 Å². The quantitative estimate of drug-likeness (QED) is 0.794. The van der Waals surface area contributed by atoms with Crippen molar-refractivity contribution in [1.29, 1.82) is 0 Å². The maximum atomic E-state index is 5.56. The van der Waals surface area contributed by atoms with Gasteiger partial charge >= 0.3 is 0 Å². The number of nitrogens with zero attached hydrogens (tertiary/aromatic N) is 2. The molecule has 1 heterocycles. The van der Waals surface area contributed by atoms with Gasteiger partial charge in [-0.1, -0.05) is 30.3 Å². The van der Waals surface area contributed by atoms with Crippen molar-refractivity contribution in [1.82, 2.24) is 9.80 Å². The van der Waals surface area contributed by atoms with Gasteiger partial charge < -0.3 is 10.6 Å². The molecule has 1 aromatic carbocycles. The minimum absolute atomic E-state index is 0.827. The maximum Gasteiger partial charge on any atom is 0.0234 e. The molecule has 19 heavy (non-hydrogen) atoms. The summed E-state index contributed by atoms with van der Waals surface area (Å²) in [6.45, 7) is 8.01. The van der Waals surface area contributed by atoms with E-state index in [-0.39, 0.29) is 0 Å². The number of rotatable bonds is 6. The van der Waals surface area contributed by atoms with Crippen LogP contribution in [-0.4, -0.2) is 49.1 Å². The molecule has 1 aromatic rings. The van der Waals surface area contributed by atoms with Gasteiger partial charge in [0.2, 0.25) is 0 Å². The first kappa shape index (κ1) is 14.5. The number of unbranched alkanes of at least 4 members (excludes halogenated alkanes) is 1. The molecule has 0 aliphatic carbocycles. The third-order valence-electron chi connectivity index (χ3n) is 3.86. The number of benzene rings is 1. The molecule has 1 saturated heterocycles. The zero-order chi connectivity index (χ0) is 13.3. The van der Waals surface area contributed by atoms with Gasteiger partial charge in [-0.3, -0.25) is 4.90 Å². The molecule has 3 nitrogen and oxygen atoms in total. The van der Waals surface area contributed by atoms with Gasteiger partial charge in [0, 0.05) is 19.6 Å². The molecule has 0 radical (unpaired) electrons. The summed E-state index contributed by atoms with van der Waals surface area (Å²) in [6.07, 6.45) is 3.69. The van der Waals surface area contributed by atoms with Crippen LogP contribution in [0.4, 0.5) is 0 Å². The molecule has 0 unspecified atom stereocenters. The molecular weight excluding hydrogens is 234 g/mol. The summed E-state index contributed by atoms with van der Waals surface area (Å²) in [5.74, 6) is 0. The van der Waals surface area contributed by atoms with Gasteiger partial charge in [-0.15, -0.1) is 0 Å². The first-order chi connectivity index (χ1) is 9.38. The highest BCUT2D eigenvalue weighted by Gasteiger charge is 2.14. The Kier molecular flexibility index (Phi) is 6.34. The van der Waals surface area contributed by atoms with E-state index in [2.05, 4.69) is 40.1 Å².